The maximum Gasteiger partial charge on any atom is 0.187 e. The molecule has 2 fully saturated rings. The molecule has 0 aromatic carbocycles. The van der Waals surface area contributed by atoms with Crippen LogP contribution in [0.4, 0.5) is 0 Å². The third kappa shape index (κ3) is 3.65. The Hall–Kier alpha value is -0.440. The maximum absolute atomic E-state index is 9.94. The van der Waals surface area contributed by atoms with E-state index in [1.165, 1.54) is 0 Å². The summed E-state index contributed by atoms with van der Waals surface area (Å²) >= 11 is 0. The fourth-order valence-electron chi connectivity index (χ4n) is 2.57. The van der Waals surface area contributed by atoms with Crippen LogP contribution in [0, 0.1) is 0 Å². The van der Waals surface area contributed by atoms with Gasteiger partial charge in [0.1, 0.15) is 48.8 Å². The monoisotopic (exact) mass is 343 g/mol. The lowest BCUT2D eigenvalue weighted by molar-refractivity contribution is -0.355. The summed E-state index contributed by atoms with van der Waals surface area (Å²) in [5.74, 6) is 0. The van der Waals surface area contributed by atoms with Gasteiger partial charge in [-0.3, -0.25) is 0 Å². The second-order valence-electron chi connectivity index (χ2n) is 5.53. The largest absolute Gasteiger partial charge is 0.394 e. The van der Waals surface area contributed by atoms with Gasteiger partial charge < -0.3 is 55.1 Å². The highest BCUT2D eigenvalue weighted by Gasteiger charge is 2.50. The minimum Gasteiger partial charge on any atom is -0.394 e. The Morgan fingerprint density at radius 3 is 2.00 bits per heavy atom. The Morgan fingerprint density at radius 1 is 0.783 bits per heavy atom. The fourth-order valence-corrected chi connectivity index (χ4v) is 2.57. The topological polar surface area (TPSA) is 190 Å². The SMILES string of the molecule is OC[C@H]1O[C@H](O)[C@H](O)[C@@H](O)[C@@H]1O[C@@H]1O[C@H](C[17OH])[C@H](O)[C@H](O)[C@H]1O. The van der Waals surface area contributed by atoms with Crippen LogP contribution in [0.3, 0.4) is 0 Å². The van der Waals surface area contributed by atoms with E-state index in [1.807, 2.05) is 0 Å². The summed E-state index contributed by atoms with van der Waals surface area (Å²) in [6.07, 6.45) is -15.6. The number of aliphatic hydroxyl groups is 8. The minimum absolute atomic E-state index is 0.667. The van der Waals surface area contributed by atoms with Gasteiger partial charge in [0.05, 0.1) is 13.2 Å². The standard InChI is InChI=1S/C12H22O11/c13-1-3-5(15)6(16)9(19)12(22-3)23-10-4(2-14)21-11(20)8(18)7(10)17/h3-20H,1-2H2/t3-,4-,5+,6+,7-,8-,9-,10-,11+,12+/m1/s1/i13+1. The van der Waals surface area contributed by atoms with Gasteiger partial charge >= 0.3 is 0 Å². The zero-order chi connectivity index (χ0) is 17.3. The average molecular weight is 343 g/mol. The average Bonchev–Trinajstić information content (AvgIpc) is 2.55. The highest BCUT2D eigenvalue weighted by atomic mass is 17.2. The van der Waals surface area contributed by atoms with Gasteiger partial charge in [0.2, 0.25) is 0 Å². The smallest absolute Gasteiger partial charge is 0.187 e. The Labute approximate surface area is 130 Å². The molecule has 8 N–H and O–H groups in total. The van der Waals surface area contributed by atoms with Gasteiger partial charge in [-0.25, -0.2) is 0 Å². The Kier molecular flexibility index (Phi) is 6.27. The van der Waals surface area contributed by atoms with Gasteiger partial charge in [-0.05, 0) is 0 Å². The first-order valence-corrected chi connectivity index (χ1v) is 7.08. The van der Waals surface area contributed by atoms with Gasteiger partial charge in [0, 0.05) is 0 Å². The molecule has 11 nitrogen and oxygen atoms in total. The van der Waals surface area contributed by atoms with E-state index in [-0.39, 0.29) is 0 Å². The molecule has 23 heavy (non-hydrogen) atoms. The summed E-state index contributed by atoms with van der Waals surface area (Å²) < 4.78 is 15.3. The molecule has 11 heteroatoms. The molecule has 136 valence electrons. The first-order chi connectivity index (χ1) is 10.8. The van der Waals surface area contributed by atoms with E-state index in [9.17, 15) is 35.7 Å². The summed E-state index contributed by atoms with van der Waals surface area (Å²) in [6.45, 7) is -1.35. The van der Waals surface area contributed by atoms with Crippen molar-refractivity contribution in [3.8, 4) is 0 Å². The molecule has 10 atom stereocenters. The quantitative estimate of drug-likeness (QED) is 0.243. The van der Waals surface area contributed by atoms with Crippen LogP contribution >= 0.6 is 0 Å². The molecule has 0 aromatic rings. The number of hydrogen-bond acceptors (Lipinski definition) is 11. The van der Waals surface area contributed by atoms with E-state index in [4.69, 9.17) is 19.3 Å². The van der Waals surface area contributed by atoms with Crippen molar-refractivity contribution in [3.05, 3.63) is 0 Å². The second-order valence-corrected chi connectivity index (χ2v) is 5.53. The van der Waals surface area contributed by atoms with E-state index in [2.05, 4.69) is 0 Å². The molecule has 0 amide bonds. The second kappa shape index (κ2) is 7.63. The van der Waals surface area contributed by atoms with E-state index >= 15 is 0 Å². The molecular weight excluding hydrogens is 321 g/mol. The minimum atomic E-state index is -1.74. The molecule has 0 radical (unpaired) electrons. The zero-order valence-electron chi connectivity index (χ0n) is 12.0. The van der Waals surface area contributed by atoms with Gasteiger partial charge in [0.15, 0.2) is 12.6 Å². The number of hydrogen-bond donors (Lipinski definition) is 8. The van der Waals surface area contributed by atoms with Crippen LogP contribution in [-0.4, -0.2) is 115 Å². The Morgan fingerprint density at radius 2 is 1.43 bits per heavy atom. The molecule has 0 bridgehead atoms. The van der Waals surface area contributed by atoms with Crippen molar-refractivity contribution >= 4 is 0 Å². The third-order valence-corrected chi connectivity index (χ3v) is 3.98. The molecule has 0 spiro atoms. The van der Waals surface area contributed by atoms with Gasteiger partial charge in [-0.15, -0.1) is 0 Å². The predicted molar refractivity (Wildman–Crippen MR) is 68.6 cm³/mol. The summed E-state index contributed by atoms with van der Waals surface area (Å²) in [6, 6.07) is 0. The summed E-state index contributed by atoms with van der Waals surface area (Å²) in [4.78, 5) is 0. The van der Waals surface area contributed by atoms with Crippen molar-refractivity contribution in [2.24, 2.45) is 0 Å². The van der Waals surface area contributed by atoms with Crippen LogP contribution < -0.4 is 0 Å². The van der Waals surface area contributed by atoms with E-state index in [0.29, 0.717) is 0 Å². The van der Waals surface area contributed by atoms with Crippen molar-refractivity contribution in [2.45, 2.75) is 61.4 Å². The first-order valence-electron chi connectivity index (χ1n) is 7.08. The third-order valence-electron chi connectivity index (χ3n) is 3.98. The van der Waals surface area contributed by atoms with Gasteiger partial charge in [-0.1, -0.05) is 0 Å². The van der Waals surface area contributed by atoms with Crippen LogP contribution in [-0.2, 0) is 14.2 Å². The van der Waals surface area contributed by atoms with Crippen molar-refractivity contribution < 1.29 is 55.1 Å². The number of ether oxygens (including phenoxy) is 3. The number of aliphatic hydroxyl groups excluding tert-OH is 8. The van der Waals surface area contributed by atoms with E-state index < -0.39 is 74.6 Å². The van der Waals surface area contributed by atoms with Crippen LogP contribution in [0.5, 0.6) is 0 Å². The molecular formula is C12H22O11. The summed E-state index contributed by atoms with van der Waals surface area (Å²) in [7, 11) is 0. The van der Waals surface area contributed by atoms with Crippen molar-refractivity contribution in [1.82, 2.24) is 0 Å². The lowest BCUT2D eigenvalue weighted by Crippen LogP contribution is -2.64. The molecule has 2 rings (SSSR count). The predicted octanol–water partition coefficient (Wildman–Crippen LogP) is -5.40. The Bertz CT molecular complexity index is 378. The van der Waals surface area contributed by atoms with Crippen molar-refractivity contribution in [2.75, 3.05) is 13.2 Å². The molecule has 0 aliphatic carbocycles. The van der Waals surface area contributed by atoms with E-state index in [0.717, 1.165) is 0 Å². The Balaban J connectivity index is 2.11. The molecule has 2 aliphatic rings. The molecule has 0 unspecified atom stereocenters. The van der Waals surface area contributed by atoms with Gasteiger partial charge in [-0.2, -0.15) is 0 Å². The number of rotatable bonds is 4. The highest BCUT2D eigenvalue weighted by molar-refractivity contribution is 4.93. The van der Waals surface area contributed by atoms with E-state index in [1.54, 1.807) is 0 Å². The van der Waals surface area contributed by atoms with Crippen LogP contribution in [0.2, 0.25) is 0 Å². The summed E-state index contributed by atoms with van der Waals surface area (Å²) in [5, 5.41) is 76.5. The maximum atomic E-state index is 9.94. The summed E-state index contributed by atoms with van der Waals surface area (Å²) in [5.41, 5.74) is 0. The normalized spacial score (nSPS) is 51.7. The van der Waals surface area contributed by atoms with Gasteiger partial charge in [0.25, 0.3) is 0 Å². The zero-order valence-corrected chi connectivity index (χ0v) is 12.0. The first kappa shape index (κ1) is 18.9. The molecule has 2 heterocycles. The lowest BCUT2D eigenvalue weighted by atomic mass is 9.97. The highest BCUT2D eigenvalue weighted by Crippen LogP contribution is 2.28. The van der Waals surface area contributed by atoms with Crippen LogP contribution in [0.15, 0.2) is 0 Å². The molecule has 2 aliphatic heterocycles. The van der Waals surface area contributed by atoms with Crippen molar-refractivity contribution in [3.63, 3.8) is 0 Å². The van der Waals surface area contributed by atoms with Crippen LogP contribution in [0.25, 0.3) is 0 Å². The van der Waals surface area contributed by atoms with Crippen LogP contribution in [0.1, 0.15) is 0 Å². The van der Waals surface area contributed by atoms with Crippen molar-refractivity contribution in [1.29, 1.82) is 0 Å². The molecule has 0 aromatic heterocycles. The lowest BCUT2D eigenvalue weighted by Gasteiger charge is -2.45. The fraction of sp³-hybridized carbons (Fsp3) is 1.00. The molecule has 2 saturated heterocycles. The molecule has 0 saturated carbocycles.